The van der Waals surface area contributed by atoms with E-state index in [-0.39, 0.29) is 17.8 Å². The highest BCUT2D eigenvalue weighted by Crippen LogP contribution is 2.42. The van der Waals surface area contributed by atoms with Crippen LogP contribution in [0.3, 0.4) is 0 Å². The van der Waals surface area contributed by atoms with Gasteiger partial charge >= 0.3 is 0 Å². The minimum atomic E-state index is -0.242. The first kappa shape index (κ1) is 22.9. The number of anilines is 1. The smallest absolute Gasteiger partial charge is 0.254 e. The molecule has 0 saturated carbocycles. The Hall–Kier alpha value is -3.58. The van der Waals surface area contributed by atoms with E-state index in [0.29, 0.717) is 18.0 Å². The fourth-order valence-corrected chi connectivity index (χ4v) is 6.48. The SMILES string of the molecule is Cc1ccc(-c2ccccn2)c(C(=O)N2CC[C@H]3CN(c4nc(C)c(-c5cccc(F)c5)s4)[C@H]3C2)c1. The van der Waals surface area contributed by atoms with Crippen molar-refractivity contribution >= 4 is 22.4 Å². The molecule has 1 amide bonds. The largest absolute Gasteiger partial charge is 0.343 e. The van der Waals surface area contributed by atoms with Crippen molar-refractivity contribution < 1.29 is 9.18 Å². The van der Waals surface area contributed by atoms with E-state index in [0.717, 1.165) is 57.6 Å². The van der Waals surface area contributed by atoms with Crippen molar-refractivity contribution in [3.63, 3.8) is 0 Å². The summed E-state index contributed by atoms with van der Waals surface area (Å²) in [5.74, 6) is 0.373. The van der Waals surface area contributed by atoms with Crippen LogP contribution in [0.2, 0.25) is 0 Å². The molecule has 4 aromatic rings. The maximum atomic E-state index is 13.8. The van der Waals surface area contributed by atoms with E-state index < -0.39 is 0 Å². The van der Waals surface area contributed by atoms with Gasteiger partial charge in [0, 0.05) is 42.9 Å². The molecule has 2 saturated heterocycles. The molecule has 6 rings (SSSR count). The van der Waals surface area contributed by atoms with E-state index in [4.69, 9.17) is 4.98 Å². The second-order valence-corrected chi connectivity index (χ2v) is 10.7. The molecule has 2 aromatic heterocycles. The van der Waals surface area contributed by atoms with Gasteiger partial charge < -0.3 is 9.80 Å². The number of benzene rings is 2. The standard InChI is InChI=1S/C29H27FN4OS/c1-18-9-10-23(25-8-3-4-12-31-25)24(14-18)28(35)33-13-11-21-16-34(26(21)17-33)29-32-19(2)27(36-29)20-6-5-7-22(30)15-20/h3-10,12,14-15,21,26H,11,13,16-17H2,1-2H3/t21-,26-/m0/s1. The summed E-state index contributed by atoms with van der Waals surface area (Å²) in [6, 6.07) is 18.7. The van der Waals surface area contributed by atoms with Gasteiger partial charge in [0.1, 0.15) is 5.82 Å². The van der Waals surface area contributed by atoms with Crippen LogP contribution < -0.4 is 4.90 Å². The number of fused-ring (bicyclic) bond motifs is 1. The molecule has 4 heterocycles. The fraction of sp³-hybridized carbons (Fsp3) is 0.276. The highest BCUT2D eigenvalue weighted by Gasteiger charge is 2.45. The van der Waals surface area contributed by atoms with E-state index in [1.165, 1.54) is 6.07 Å². The number of aryl methyl sites for hydroxylation is 2. The van der Waals surface area contributed by atoms with Crippen molar-refractivity contribution in [2.45, 2.75) is 26.3 Å². The third kappa shape index (κ3) is 4.07. The highest BCUT2D eigenvalue weighted by molar-refractivity contribution is 7.19. The number of carbonyl (C=O) groups is 1. The number of carbonyl (C=O) groups excluding carboxylic acids is 1. The lowest BCUT2D eigenvalue weighted by Crippen LogP contribution is -2.65. The quantitative estimate of drug-likeness (QED) is 0.347. The zero-order chi connectivity index (χ0) is 24.8. The number of likely N-dealkylation sites (tertiary alicyclic amines) is 1. The van der Waals surface area contributed by atoms with E-state index in [1.807, 2.05) is 61.2 Å². The first-order valence-electron chi connectivity index (χ1n) is 12.3. The van der Waals surface area contributed by atoms with Crippen LogP contribution >= 0.6 is 11.3 Å². The minimum Gasteiger partial charge on any atom is -0.343 e. The maximum Gasteiger partial charge on any atom is 0.254 e. The number of amides is 1. The monoisotopic (exact) mass is 498 g/mol. The fourth-order valence-electron chi connectivity index (χ4n) is 5.35. The van der Waals surface area contributed by atoms with Gasteiger partial charge in [-0.3, -0.25) is 9.78 Å². The van der Waals surface area contributed by atoms with Crippen LogP contribution in [0.1, 0.15) is 28.0 Å². The van der Waals surface area contributed by atoms with Gasteiger partial charge in [-0.15, -0.1) is 0 Å². The van der Waals surface area contributed by atoms with E-state index in [9.17, 15) is 9.18 Å². The van der Waals surface area contributed by atoms with Crippen molar-refractivity contribution in [3.05, 3.63) is 89.5 Å². The highest BCUT2D eigenvalue weighted by atomic mass is 32.1. The van der Waals surface area contributed by atoms with E-state index in [2.05, 4.69) is 9.88 Å². The molecule has 5 nitrogen and oxygen atoms in total. The van der Waals surface area contributed by atoms with Crippen LogP contribution in [0.15, 0.2) is 66.9 Å². The molecule has 2 aliphatic heterocycles. The van der Waals surface area contributed by atoms with Crippen LogP contribution in [0.5, 0.6) is 0 Å². The first-order valence-corrected chi connectivity index (χ1v) is 13.1. The van der Waals surface area contributed by atoms with Gasteiger partial charge in [0.25, 0.3) is 5.91 Å². The number of pyridine rings is 1. The minimum absolute atomic E-state index is 0.0559. The predicted octanol–water partition coefficient (Wildman–Crippen LogP) is 5.98. The maximum absolute atomic E-state index is 13.8. The summed E-state index contributed by atoms with van der Waals surface area (Å²) >= 11 is 1.61. The second-order valence-electron chi connectivity index (χ2n) is 9.70. The predicted molar refractivity (Wildman–Crippen MR) is 142 cm³/mol. The molecule has 0 unspecified atom stereocenters. The summed E-state index contributed by atoms with van der Waals surface area (Å²) in [5, 5.41) is 0.951. The number of rotatable bonds is 4. The van der Waals surface area contributed by atoms with Crippen LogP contribution in [0.25, 0.3) is 21.7 Å². The van der Waals surface area contributed by atoms with Gasteiger partial charge in [0.2, 0.25) is 0 Å². The number of aromatic nitrogens is 2. The van der Waals surface area contributed by atoms with E-state index >= 15 is 0 Å². The summed E-state index contributed by atoms with van der Waals surface area (Å²) in [4.78, 5) is 28.4. The molecule has 2 aliphatic rings. The normalized spacial score (nSPS) is 19.1. The molecule has 36 heavy (non-hydrogen) atoms. The average Bonchev–Trinajstić information content (AvgIpc) is 3.25. The van der Waals surface area contributed by atoms with Gasteiger partial charge in [0.05, 0.1) is 22.3 Å². The van der Waals surface area contributed by atoms with Crippen molar-refractivity contribution in [3.8, 4) is 21.7 Å². The summed E-state index contributed by atoms with van der Waals surface area (Å²) in [6.45, 7) is 6.37. The Kier molecular flexibility index (Phi) is 5.80. The molecule has 182 valence electrons. The van der Waals surface area contributed by atoms with Crippen molar-refractivity contribution in [2.24, 2.45) is 5.92 Å². The lowest BCUT2D eigenvalue weighted by Gasteiger charge is -2.53. The lowest BCUT2D eigenvalue weighted by molar-refractivity contribution is 0.0593. The Morgan fingerprint density at radius 3 is 2.75 bits per heavy atom. The van der Waals surface area contributed by atoms with Gasteiger partial charge in [-0.25, -0.2) is 9.37 Å². The van der Waals surface area contributed by atoms with Crippen molar-refractivity contribution in [1.82, 2.24) is 14.9 Å². The zero-order valence-corrected chi connectivity index (χ0v) is 21.1. The van der Waals surface area contributed by atoms with Crippen LogP contribution in [-0.4, -0.2) is 46.5 Å². The molecule has 0 aliphatic carbocycles. The lowest BCUT2D eigenvalue weighted by atomic mass is 9.82. The molecule has 7 heteroatoms. The summed E-state index contributed by atoms with van der Waals surface area (Å²) < 4.78 is 13.8. The van der Waals surface area contributed by atoms with E-state index in [1.54, 1.807) is 29.7 Å². The number of hydrogen-bond acceptors (Lipinski definition) is 5. The zero-order valence-electron chi connectivity index (χ0n) is 20.3. The van der Waals surface area contributed by atoms with Gasteiger partial charge in [-0.05, 0) is 56.2 Å². The number of nitrogens with zero attached hydrogens (tertiary/aromatic N) is 4. The summed E-state index contributed by atoms with van der Waals surface area (Å²) in [7, 11) is 0. The van der Waals surface area contributed by atoms with Crippen LogP contribution in [-0.2, 0) is 0 Å². The van der Waals surface area contributed by atoms with Crippen molar-refractivity contribution in [2.75, 3.05) is 24.5 Å². The molecule has 0 radical (unpaired) electrons. The second kappa shape index (κ2) is 9.13. The third-order valence-corrected chi connectivity index (χ3v) is 8.55. The number of thiazole rings is 1. The topological polar surface area (TPSA) is 49.3 Å². The first-order chi connectivity index (χ1) is 17.5. The molecular weight excluding hydrogens is 471 g/mol. The number of hydrogen-bond donors (Lipinski definition) is 0. The molecular formula is C29H27FN4OS. The summed E-state index contributed by atoms with van der Waals surface area (Å²) in [6.07, 6.45) is 2.74. The third-order valence-electron chi connectivity index (χ3n) is 7.30. The summed E-state index contributed by atoms with van der Waals surface area (Å²) in [5.41, 5.74) is 5.21. The molecule has 2 atom stereocenters. The Morgan fingerprint density at radius 2 is 1.94 bits per heavy atom. The number of piperidine rings is 1. The van der Waals surface area contributed by atoms with Crippen LogP contribution in [0, 0.1) is 25.6 Å². The Labute approximate surface area is 214 Å². The van der Waals surface area contributed by atoms with Crippen molar-refractivity contribution in [1.29, 1.82) is 0 Å². The molecule has 2 fully saturated rings. The van der Waals surface area contributed by atoms with Gasteiger partial charge in [0.15, 0.2) is 5.13 Å². The average molecular weight is 499 g/mol. The van der Waals surface area contributed by atoms with Gasteiger partial charge in [-0.2, -0.15) is 0 Å². The molecule has 0 spiro atoms. The van der Waals surface area contributed by atoms with Gasteiger partial charge in [-0.1, -0.05) is 47.2 Å². The Balaban J connectivity index is 1.24. The molecule has 0 bridgehead atoms. The Morgan fingerprint density at radius 1 is 1.06 bits per heavy atom. The Bertz CT molecular complexity index is 1440. The number of halogens is 1. The van der Waals surface area contributed by atoms with Crippen LogP contribution in [0.4, 0.5) is 9.52 Å². The molecule has 2 aromatic carbocycles. The molecule has 0 N–H and O–H groups in total.